The molecule has 2 N–H and O–H groups in total. The van der Waals surface area contributed by atoms with Crippen LogP contribution in [-0.4, -0.2) is 23.6 Å². The lowest BCUT2D eigenvalue weighted by atomic mass is 10.0. The third kappa shape index (κ3) is 3.10. The predicted octanol–water partition coefficient (Wildman–Crippen LogP) is 1.59. The fourth-order valence-electron chi connectivity index (χ4n) is 1.73. The van der Waals surface area contributed by atoms with Gasteiger partial charge in [0.2, 0.25) is 5.91 Å². The van der Waals surface area contributed by atoms with Crippen LogP contribution in [0, 0.1) is 0 Å². The van der Waals surface area contributed by atoms with Crippen LogP contribution in [0.3, 0.4) is 0 Å². The van der Waals surface area contributed by atoms with E-state index in [0.29, 0.717) is 12.2 Å². The summed E-state index contributed by atoms with van der Waals surface area (Å²) < 4.78 is 5.36. The van der Waals surface area contributed by atoms with Crippen LogP contribution in [0.4, 0.5) is 5.69 Å². The Morgan fingerprint density at radius 1 is 1.44 bits per heavy atom. The molecule has 0 saturated carbocycles. The lowest BCUT2D eigenvalue weighted by Gasteiger charge is -2.17. The summed E-state index contributed by atoms with van der Waals surface area (Å²) in [7, 11) is 0. The van der Waals surface area contributed by atoms with E-state index in [0.717, 1.165) is 23.7 Å². The molecule has 0 aromatic heterocycles. The van der Waals surface area contributed by atoms with Gasteiger partial charge < -0.3 is 15.2 Å². The molecule has 0 fully saturated rings. The molecule has 1 aromatic rings. The van der Waals surface area contributed by atoms with Crippen LogP contribution in [0.2, 0.25) is 0 Å². The number of nitrogens with one attached hydrogen (secondary N) is 1. The number of rotatable bonds is 4. The molecule has 1 aliphatic heterocycles. The largest absolute Gasteiger partial charge is 0.489 e. The number of carboxylic acid groups (broad SMARTS) is 1. The van der Waals surface area contributed by atoms with Gasteiger partial charge in [-0.2, -0.15) is 0 Å². The number of aliphatic carboxylic acids is 1. The fourth-order valence-corrected chi connectivity index (χ4v) is 1.73. The van der Waals surface area contributed by atoms with Gasteiger partial charge in [-0.1, -0.05) is 6.07 Å². The number of ether oxygens (including phenoxy) is 1. The first-order valence-corrected chi connectivity index (χ1v) is 5.60. The van der Waals surface area contributed by atoms with Gasteiger partial charge in [-0.3, -0.25) is 4.79 Å². The van der Waals surface area contributed by atoms with Crippen molar-refractivity contribution in [3.63, 3.8) is 0 Å². The number of hydrogen-bond acceptors (Lipinski definition) is 3. The Kier molecular flexibility index (Phi) is 3.62. The smallest absolute Gasteiger partial charge is 0.328 e. The Morgan fingerprint density at radius 2 is 2.28 bits per heavy atom. The van der Waals surface area contributed by atoms with Crippen molar-refractivity contribution in [1.29, 1.82) is 0 Å². The lowest BCUT2D eigenvalue weighted by molar-refractivity contribution is -0.131. The minimum atomic E-state index is -1.00. The number of carbonyl (C=O) groups is 2. The summed E-state index contributed by atoms with van der Waals surface area (Å²) >= 11 is 0. The van der Waals surface area contributed by atoms with Gasteiger partial charge in [0.05, 0.1) is 0 Å². The molecule has 94 valence electrons. The van der Waals surface area contributed by atoms with Crippen molar-refractivity contribution >= 4 is 17.6 Å². The highest BCUT2D eigenvalue weighted by atomic mass is 16.5. The molecule has 18 heavy (non-hydrogen) atoms. The average molecular weight is 247 g/mol. The zero-order valence-corrected chi connectivity index (χ0v) is 9.68. The van der Waals surface area contributed by atoms with E-state index in [9.17, 15) is 9.59 Å². The third-order valence-electron chi connectivity index (χ3n) is 2.58. The van der Waals surface area contributed by atoms with Gasteiger partial charge in [0.15, 0.2) is 0 Å². The number of hydrogen-bond donors (Lipinski definition) is 2. The first-order valence-electron chi connectivity index (χ1n) is 5.60. The fraction of sp³-hybridized carbons (Fsp3) is 0.231. The highest BCUT2D eigenvalue weighted by Crippen LogP contribution is 2.26. The number of benzene rings is 1. The first kappa shape index (κ1) is 12.2. The summed E-state index contributed by atoms with van der Waals surface area (Å²) in [6.45, 7) is 0.180. The maximum Gasteiger partial charge on any atom is 0.328 e. The van der Waals surface area contributed by atoms with E-state index in [1.165, 1.54) is 6.08 Å². The molecule has 0 radical (unpaired) electrons. The number of anilines is 1. The molecule has 1 aliphatic rings. The lowest BCUT2D eigenvalue weighted by Crippen LogP contribution is -2.18. The van der Waals surface area contributed by atoms with Gasteiger partial charge in [0.1, 0.15) is 12.4 Å². The van der Waals surface area contributed by atoms with E-state index >= 15 is 0 Å². The predicted molar refractivity (Wildman–Crippen MR) is 65.7 cm³/mol. The topological polar surface area (TPSA) is 75.6 Å². The highest BCUT2D eigenvalue weighted by molar-refractivity contribution is 5.94. The van der Waals surface area contributed by atoms with Crippen molar-refractivity contribution in [2.75, 3.05) is 11.9 Å². The second-order valence-corrected chi connectivity index (χ2v) is 3.92. The molecule has 0 saturated heterocycles. The molecule has 0 atom stereocenters. The van der Waals surface area contributed by atoms with E-state index in [-0.39, 0.29) is 12.5 Å². The molecule has 0 aliphatic carbocycles. The Balaban J connectivity index is 2.00. The molecular formula is C13H13NO4. The van der Waals surface area contributed by atoms with Crippen molar-refractivity contribution in [3.8, 4) is 5.75 Å². The van der Waals surface area contributed by atoms with Crippen LogP contribution in [0.15, 0.2) is 30.4 Å². The number of carbonyl (C=O) groups excluding carboxylic acids is 1. The quantitative estimate of drug-likeness (QED) is 0.792. The zero-order valence-electron chi connectivity index (χ0n) is 9.68. The Hall–Kier alpha value is -2.30. The van der Waals surface area contributed by atoms with E-state index < -0.39 is 5.97 Å². The van der Waals surface area contributed by atoms with Crippen LogP contribution in [0.25, 0.3) is 0 Å². The minimum absolute atomic E-state index is 0.00502. The van der Waals surface area contributed by atoms with Gasteiger partial charge in [0.25, 0.3) is 0 Å². The van der Waals surface area contributed by atoms with Gasteiger partial charge in [0, 0.05) is 24.3 Å². The van der Waals surface area contributed by atoms with Gasteiger partial charge in [-0.15, -0.1) is 0 Å². The van der Waals surface area contributed by atoms with Crippen LogP contribution >= 0.6 is 0 Å². The molecule has 2 rings (SSSR count). The van der Waals surface area contributed by atoms with Crippen LogP contribution < -0.4 is 10.1 Å². The second kappa shape index (κ2) is 5.35. The molecule has 0 spiro atoms. The number of amides is 1. The summed E-state index contributed by atoms with van der Waals surface area (Å²) in [4.78, 5) is 21.5. The van der Waals surface area contributed by atoms with Crippen molar-refractivity contribution in [2.24, 2.45) is 0 Å². The molecule has 1 aromatic carbocycles. The summed E-state index contributed by atoms with van der Waals surface area (Å²) in [6.07, 6.45) is 3.69. The molecule has 1 heterocycles. The van der Waals surface area contributed by atoms with E-state index in [4.69, 9.17) is 9.84 Å². The summed E-state index contributed by atoms with van der Waals surface area (Å²) in [5.74, 6) is -0.396. The van der Waals surface area contributed by atoms with Crippen molar-refractivity contribution < 1.29 is 19.4 Å². The number of fused-ring (bicyclic) bond motifs is 1. The Bertz CT molecular complexity index is 508. The van der Waals surface area contributed by atoms with Crippen LogP contribution in [-0.2, 0) is 16.0 Å². The monoisotopic (exact) mass is 247 g/mol. The maximum absolute atomic E-state index is 11.2. The van der Waals surface area contributed by atoms with Gasteiger partial charge >= 0.3 is 5.97 Å². The van der Waals surface area contributed by atoms with Crippen molar-refractivity contribution in [3.05, 3.63) is 35.9 Å². The second-order valence-electron chi connectivity index (χ2n) is 3.92. The maximum atomic E-state index is 11.2. The van der Waals surface area contributed by atoms with E-state index in [1.807, 2.05) is 12.1 Å². The number of carboxylic acids is 1. The van der Waals surface area contributed by atoms with Crippen LogP contribution in [0.5, 0.6) is 5.75 Å². The SMILES string of the molecule is O=C(O)/C=C/COc1ccc2c(c1)NC(=O)CC2. The summed E-state index contributed by atoms with van der Waals surface area (Å²) in [6, 6.07) is 5.47. The number of aryl methyl sites for hydroxylation is 1. The average Bonchev–Trinajstić information content (AvgIpc) is 2.34. The molecule has 0 bridgehead atoms. The highest BCUT2D eigenvalue weighted by Gasteiger charge is 2.14. The third-order valence-corrected chi connectivity index (χ3v) is 2.58. The summed E-state index contributed by atoms with van der Waals surface area (Å²) in [5.41, 5.74) is 1.86. The molecular weight excluding hydrogens is 234 g/mol. The summed E-state index contributed by atoms with van der Waals surface area (Å²) in [5, 5.41) is 11.2. The zero-order chi connectivity index (χ0) is 13.0. The normalized spacial score (nSPS) is 14.1. The van der Waals surface area contributed by atoms with Crippen molar-refractivity contribution in [1.82, 2.24) is 0 Å². The molecule has 0 unspecified atom stereocenters. The van der Waals surface area contributed by atoms with E-state index in [1.54, 1.807) is 6.07 Å². The first-order chi connectivity index (χ1) is 8.65. The van der Waals surface area contributed by atoms with Gasteiger partial charge in [-0.05, 0) is 24.1 Å². The Labute approximate surface area is 104 Å². The molecule has 5 nitrogen and oxygen atoms in total. The molecule has 1 amide bonds. The standard InChI is InChI=1S/C13H13NO4/c15-12-6-4-9-3-5-10(8-11(9)14-12)18-7-1-2-13(16)17/h1-3,5,8H,4,6-7H2,(H,14,15)(H,16,17)/b2-1+. The van der Waals surface area contributed by atoms with Crippen LogP contribution in [0.1, 0.15) is 12.0 Å². The Morgan fingerprint density at radius 3 is 3.06 bits per heavy atom. The molecule has 5 heteroatoms. The van der Waals surface area contributed by atoms with Crippen molar-refractivity contribution in [2.45, 2.75) is 12.8 Å². The minimum Gasteiger partial charge on any atom is -0.489 e. The van der Waals surface area contributed by atoms with Gasteiger partial charge in [-0.25, -0.2) is 4.79 Å². The van der Waals surface area contributed by atoms with E-state index in [2.05, 4.69) is 5.32 Å².